The normalized spacial score (nSPS) is 11.3. The van der Waals surface area contributed by atoms with E-state index < -0.39 is 0 Å². The summed E-state index contributed by atoms with van der Waals surface area (Å²) < 4.78 is 7.05. The molecule has 0 spiro atoms. The number of fused-ring (bicyclic) bond motifs is 1. The Morgan fingerprint density at radius 3 is 2.67 bits per heavy atom. The van der Waals surface area contributed by atoms with Gasteiger partial charge in [-0.2, -0.15) is 4.98 Å². The average molecular weight is 205 g/mol. The number of ether oxygens (including phenoxy) is 1. The highest BCUT2D eigenvalue weighted by Crippen LogP contribution is 2.20. The predicted octanol–water partition coefficient (Wildman–Crippen LogP) is 2.17. The molecule has 0 amide bonds. The Bertz CT molecular complexity index is 488. The van der Waals surface area contributed by atoms with Crippen molar-refractivity contribution in [1.82, 2.24) is 14.4 Å². The molecule has 0 aliphatic heterocycles. The molecule has 2 heterocycles. The molecule has 4 heteroatoms. The average Bonchev–Trinajstić information content (AvgIpc) is 2.55. The minimum Gasteiger partial charge on any atom is -0.481 e. The fourth-order valence-electron chi connectivity index (χ4n) is 1.71. The smallest absolute Gasteiger partial charge is 0.237 e. The molecule has 0 radical (unpaired) electrons. The molecule has 2 aromatic heterocycles. The second-order valence-electron chi connectivity index (χ2n) is 3.88. The van der Waals surface area contributed by atoms with Crippen molar-refractivity contribution in [3.05, 3.63) is 23.7 Å². The molecule has 0 fully saturated rings. The molecular formula is C11H15N3O. The van der Waals surface area contributed by atoms with Crippen LogP contribution in [-0.2, 0) is 0 Å². The zero-order valence-electron chi connectivity index (χ0n) is 9.48. The second-order valence-corrected chi connectivity index (χ2v) is 3.88. The number of rotatable bonds is 2. The van der Waals surface area contributed by atoms with E-state index in [1.165, 1.54) is 0 Å². The largest absolute Gasteiger partial charge is 0.481 e. The summed E-state index contributed by atoms with van der Waals surface area (Å²) in [4.78, 5) is 8.78. The van der Waals surface area contributed by atoms with Gasteiger partial charge in [0.1, 0.15) is 0 Å². The van der Waals surface area contributed by atoms with Gasteiger partial charge in [0.15, 0.2) is 0 Å². The topological polar surface area (TPSA) is 39.4 Å². The first-order valence-corrected chi connectivity index (χ1v) is 5.03. The predicted molar refractivity (Wildman–Crippen MR) is 58.4 cm³/mol. The highest BCUT2D eigenvalue weighted by atomic mass is 16.5. The van der Waals surface area contributed by atoms with Gasteiger partial charge in [-0.05, 0) is 12.8 Å². The minimum absolute atomic E-state index is 0.415. The van der Waals surface area contributed by atoms with Crippen LogP contribution in [0.15, 0.2) is 12.3 Å². The van der Waals surface area contributed by atoms with E-state index in [1.54, 1.807) is 7.11 Å². The molecule has 2 rings (SSSR count). The van der Waals surface area contributed by atoms with Crippen molar-refractivity contribution in [2.75, 3.05) is 7.11 Å². The van der Waals surface area contributed by atoms with Gasteiger partial charge in [-0.1, -0.05) is 13.8 Å². The standard InChI is InChI=1S/C11H15N3O/c1-7(2)10-8(3)14-6-5-9(15-4)12-11(14)13-10/h5-7H,1-4H3. The first-order valence-electron chi connectivity index (χ1n) is 5.03. The Labute approximate surface area is 88.9 Å². The van der Waals surface area contributed by atoms with Crippen LogP contribution in [0.3, 0.4) is 0 Å². The van der Waals surface area contributed by atoms with Crippen molar-refractivity contribution in [3.63, 3.8) is 0 Å². The minimum atomic E-state index is 0.415. The summed E-state index contributed by atoms with van der Waals surface area (Å²) in [6.45, 7) is 6.32. The Balaban J connectivity index is 2.65. The Hall–Kier alpha value is -1.58. The second kappa shape index (κ2) is 3.53. The van der Waals surface area contributed by atoms with Crippen LogP contribution < -0.4 is 4.74 Å². The fraction of sp³-hybridized carbons (Fsp3) is 0.455. The number of hydrogen-bond acceptors (Lipinski definition) is 3. The number of methoxy groups -OCH3 is 1. The van der Waals surface area contributed by atoms with Crippen LogP contribution in [-0.4, -0.2) is 21.5 Å². The molecule has 0 N–H and O–H groups in total. The van der Waals surface area contributed by atoms with Crippen molar-refractivity contribution < 1.29 is 4.74 Å². The molecule has 0 saturated heterocycles. The number of nitrogens with zero attached hydrogens (tertiary/aromatic N) is 3. The van der Waals surface area contributed by atoms with Crippen LogP contribution >= 0.6 is 0 Å². The lowest BCUT2D eigenvalue weighted by atomic mass is 10.1. The summed E-state index contributed by atoms with van der Waals surface area (Å²) in [5.41, 5.74) is 2.24. The maximum atomic E-state index is 5.07. The molecule has 0 bridgehead atoms. The maximum absolute atomic E-state index is 5.07. The van der Waals surface area contributed by atoms with E-state index in [9.17, 15) is 0 Å². The third kappa shape index (κ3) is 1.56. The third-order valence-electron chi connectivity index (χ3n) is 2.50. The van der Waals surface area contributed by atoms with Gasteiger partial charge in [-0.15, -0.1) is 0 Å². The van der Waals surface area contributed by atoms with Crippen molar-refractivity contribution in [2.24, 2.45) is 0 Å². The maximum Gasteiger partial charge on any atom is 0.237 e. The number of imidazole rings is 1. The van der Waals surface area contributed by atoms with Crippen LogP contribution in [0.5, 0.6) is 5.88 Å². The molecule has 0 aromatic carbocycles. The van der Waals surface area contributed by atoms with E-state index in [1.807, 2.05) is 16.7 Å². The van der Waals surface area contributed by atoms with Gasteiger partial charge < -0.3 is 4.74 Å². The third-order valence-corrected chi connectivity index (χ3v) is 2.50. The van der Waals surface area contributed by atoms with E-state index in [-0.39, 0.29) is 0 Å². The highest BCUT2D eigenvalue weighted by molar-refractivity contribution is 5.38. The molecule has 0 aliphatic carbocycles. The van der Waals surface area contributed by atoms with Gasteiger partial charge in [0.05, 0.1) is 12.8 Å². The molecule has 0 unspecified atom stereocenters. The number of hydrogen-bond donors (Lipinski definition) is 0. The SMILES string of the molecule is COc1ccn2c(C)c(C(C)C)nc2n1. The quantitative estimate of drug-likeness (QED) is 0.754. The lowest BCUT2D eigenvalue weighted by Crippen LogP contribution is -1.94. The Morgan fingerprint density at radius 1 is 1.33 bits per heavy atom. The van der Waals surface area contributed by atoms with Crippen molar-refractivity contribution in [1.29, 1.82) is 0 Å². The molecule has 0 aliphatic rings. The van der Waals surface area contributed by atoms with Crippen LogP contribution in [0.2, 0.25) is 0 Å². The van der Waals surface area contributed by atoms with Crippen molar-refractivity contribution in [2.45, 2.75) is 26.7 Å². The molecular weight excluding hydrogens is 190 g/mol. The van der Waals surface area contributed by atoms with E-state index in [0.29, 0.717) is 17.6 Å². The first-order chi connectivity index (χ1) is 7.13. The van der Waals surface area contributed by atoms with E-state index >= 15 is 0 Å². The van der Waals surface area contributed by atoms with E-state index in [0.717, 1.165) is 11.4 Å². The fourth-order valence-corrected chi connectivity index (χ4v) is 1.71. The number of aryl methyl sites for hydroxylation is 1. The van der Waals surface area contributed by atoms with Gasteiger partial charge in [-0.25, -0.2) is 4.98 Å². The van der Waals surface area contributed by atoms with Gasteiger partial charge in [0.2, 0.25) is 11.7 Å². The molecule has 2 aromatic rings. The zero-order chi connectivity index (χ0) is 11.0. The van der Waals surface area contributed by atoms with Crippen molar-refractivity contribution >= 4 is 5.78 Å². The summed E-state index contributed by atoms with van der Waals surface area (Å²) in [6, 6.07) is 1.84. The Kier molecular flexibility index (Phi) is 2.34. The molecule has 4 nitrogen and oxygen atoms in total. The van der Waals surface area contributed by atoms with E-state index in [2.05, 4.69) is 30.7 Å². The summed E-state index contributed by atoms with van der Waals surface area (Å²) in [6.07, 6.45) is 1.94. The number of aromatic nitrogens is 3. The molecule has 0 saturated carbocycles. The summed E-state index contributed by atoms with van der Waals surface area (Å²) in [5.74, 6) is 1.72. The summed E-state index contributed by atoms with van der Waals surface area (Å²) >= 11 is 0. The Morgan fingerprint density at radius 2 is 2.07 bits per heavy atom. The molecule has 0 atom stereocenters. The van der Waals surface area contributed by atoms with Crippen LogP contribution in [0.1, 0.15) is 31.2 Å². The van der Waals surface area contributed by atoms with Gasteiger partial charge in [0, 0.05) is 18.0 Å². The van der Waals surface area contributed by atoms with Gasteiger partial charge >= 0.3 is 0 Å². The van der Waals surface area contributed by atoms with Crippen LogP contribution in [0.25, 0.3) is 5.78 Å². The molecule has 80 valence electrons. The van der Waals surface area contributed by atoms with Crippen LogP contribution in [0, 0.1) is 6.92 Å². The molecule has 15 heavy (non-hydrogen) atoms. The lowest BCUT2D eigenvalue weighted by Gasteiger charge is -2.01. The van der Waals surface area contributed by atoms with E-state index in [4.69, 9.17) is 4.74 Å². The van der Waals surface area contributed by atoms with Gasteiger partial charge in [0.25, 0.3) is 0 Å². The zero-order valence-corrected chi connectivity index (χ0v) is 9.48. The summed E-state index contributed by atoms with van der Waals surface area (Å²) in [7, 11) is 1.61. The summed E-state index contributed by atoms with van der Waals surface area (Å²) in [5, 5.41) is 0. The first kappa shape index (κ1) is 9.96. The lowest BCUT2D eigenvalue weighted by molar-refractivity contribution is 0.398. The van der Waals surface area contributed by atoms with Crippen molar-refractivity contribution in [3.8, 4) is 5.88 Å². The van der Waals surface area contributed by atoms with Gasteiger partial charge in [-0.3, -0.25) is 4.40 Å². The highest BCUT2D eigenvalue weighted by Gasteiger charge is 2.12. The monoisotopic (exact) mass is 205 g/mol. The van der Waals surface area contributed by atoms with Crippen LogP contribution in [0.4, 0.5) is 0 Å².